The summed E-state index contributed by atoms with van der Waals surface area (Å²) in [6.07, 6.45) is 5.53. The average molecular weight is 300 g/mol. The lowest BCUT2D eigenvalue weighted by Crippen LogP contribution is -1.91. The third-order valence-electron chi connectivity index (χ3n) is 2.64. The Morgan fingerprint density at radius 2 is 1.78 bits per heavy atom. The lowest BCUT2D eigenvalue weighted by molar-refractivity contribution is 0.993. The Labute approximate surface area is 113 Å². The van der Waals surface area contributed by atoms with E-state index in [0.717, 1.165) is 21.5 Å². The standard InChI is InChI=1S/C14H10BrN3/c15-12-6-4-11(5-7-12)13-9-18(10-17-13)14-3-1-2-8-16-14/h1-10H. The molecule has 88 valence electrons. The summed E-state index contributed by atoms with van der Waals surface area (Å²) in [5.41, 5.74) is 2.03. The topological polar surface area (TPSA) is 30.7 Å². The minimum atomic E-state index is 0.869. The smallest absolute Gasteiger partial charge is 0.137 e. The number of nitrogens with zero attached hydrogens (tertiary/aromatic N) is 3. The Balaban J connectivity index is 1.97. The number of rotatable bonds is 2. The van der Waals surface area contributed by atoms with Crippen molar-refractivity contribution in [2.24, 2.45) is 0 Å². The SMILES string of the molecule is Brc1ccc(-c2cn(-c3ccccn3)cn2)cc1. The van der Waals surface area contributed by atoms with E-state index in [1.807, 2.05) is 53.2 Å². The summed E-state index contributed by atoms with van der Waals surface area (Å²) in [5.74, 6) is 0.869. The molecule has 18 heavy (non-hydrogen) atoms. The molecule has 0 aliphatic rings. The molecule has 0 N–H and O–H groups in total. The van der Waals surface area contributed by atoms with Crippen molar-refractivity contribution >= 4 is 15.9 Å². The van der Waals surface area contributed by atoms with Crippen molar-refractivity contribution < 1.29 is 0 Å². The summed E-state index contributed by atoms with van der Waals surface area (Å²) >= 11 is 3.42. The van der Waals surface area contributed by atoms with E-state index in [2.05, 4.69) is 25.9 Å². The summed E-state index contributed by atoms with van der Waals surface area (Å²) in [5, 5.41) is 0. The highest BCUT2D eigenvalue weighted by Crippen LogP contribution is 2.20. The molecule has 2 heterocycles. The fraction of sp³-hybridized carbons (Fsp3) is 0. The van der Waals surface area contributed by atoms with E-state index in [1.54, 1.807) is 12.5 Å². The molecule has 0 aliphatic heterocycles. The van der Waals surface area contributed by atoms with Crippen molar-refractivity contribution in [1.82, 2.24) is 14.5 Å². The van der Waals surface area contributed by atoms with Crippen LogP contribution >= 0.6 is 15.9 Å². The maximum absolute atomic E-state index is 4.40. The minimum absolute atomic E-state index is 0.869. The first-order valence-electron chi connectivity index (χ1n) is 5.54. The van der Waals surface area contributed by atoms with Crippen LogP contribution in [0.5, 0.6) is 0 Å². The van der Waals surface area contributed by atoms with Gasteiger partial charge in [0.15, 0.2) is 0 Å². The Kier molecular flexibility index (Phi) is 2.94. The Morgan fingerprint density at radius 1 is 0.944 bits per heavy atom. The van der Waals surface area contributed by atoms with Crippen LogP contribution in [0.15, 0.2) is 65.7 Å². The van der Waals surface area contributed by atoms with Crippen LogP contribution in [-0.2, 0) is 0 Å². The Hall–Kier alpha value is -1.94. The zero-order valence-corrected chi connectivity index (χ0v) is 11.1. The summed E-state index contributed by atoms with van der Waals surface area (Å²) in [6.45, 7) is 0. The molecule has 0 radical (unpaired) electrons. The highest BCUT2D eigenvalue weighted by Gasteiger charge is 2.03. The van der Waals surface area contributed by atoms with Gasteiger partial charge in [0.25, 0.3) is 0 Å². The normalized spacial score (nSPS) is 10.5. The third-order valence-corrected chi connectivity index (χ3v) is 3.17. The van der Waals surface area contributed by atoms with E-state index in [-0.39, 0.29) is 0 Å². The summed E-state index contributed by atoms with van der Waals surface area (Å²) < 4.78 is 2.98. The first-order chi connectivity index (χ1) is 8.83. The third kappa shape index (κ3) is 2.19. The van der Waals surface area contributed by atoms with Gasteiger partial charge in [0, 0.05) is 22.4 Å². The maximum Gasteiger partial charge on any atom is 0.137 e. The van der Waals surface area contributed by atoms with Crippen molar-refractivity contribution in [3.8, 4) is 17.1 Å². The molecule has 2 aromatic heterocycles. The quantitative estimate of drug-likeness (QED) is 0.722. The monoisotopic (exact) mass is 299 g/mol. The molecule has 3 aromatic rings. The van der Waals surface area contributed by atoms with Gasteiger partial charge in [-0.15, -0.1) is 0 Å². The van der Waals surface area contributed by atoms with Gasteiger partial charge in [0.1, 0.15) is 12.1 Å². The molecule has 1 aromatic carbocycles. The predicted molar refractivity (Wildman–Crippen MR) is 74.5 cm³/mol. The van der Waals surface area contributed by atoms with Crippen molar-refractivity contribution in [3.63, 3.8) is 0 Å². The average Bonchev–Trinajstić information content (AvgIpc) is 2.90. The van der Waals surface area contributed by atoms with Crippen LogP contribution in [-0.4, -0.2) is 14.5 Å². The number of aromatic nitrogens is 3. The van der Waals surface area contributed by atoms with Gasteiger partial charge in [-0.3, -0.25) is 4.57 Å². The van der Waals surface area contributed by atoms with Crippen molar-refractivity contribution in [1.29, 1.82) is 0 Å². The van der Waals surface area contributed by atoms with E-state index in [9.17, 15) is 0 Å². The number of benzene rings is 1. The zero-order chi connectivity index (χ0) is 12.4. The maximum atomic E-state index is 4.40. The van der Waals surface area contributed by atoms with Gasteiger partial charge >= 0.3 is 0 Å². The van der Waals surface area contributed by atoms with Gasteiger partial charge in [-0.25, -0.2) is 9.97 Å². The van der Waals surface area contributed by atoms with Crippen LogP contribution in [0.4, 0.5) is 0 Å². The van der Waals surface area contributed by atoms with Gasteiger partial charge < -0.3 is 0 Å². The molecule has 0 amide bonds. The lowest BCUT2D eigenvalue weighted by Gasteiger charge is -1.99. The molecular formula is C14H10BrN3. The molecule has 4 heteroatoms. The number of halogens is 1. The molecule has 0 atom stereocenters. The predicted octanol–water partition coefficient (Wildman–Crippen LogP) is 3.70. The first-order valence-corrected chi connectivity index (χ1v) is 6.33. The fourth-order valence-corrected chi connectivity index (χ4v) is 1.99. The van der Waals surface area contributed by atoms with E-state index >= 15 is 0 Å². The Bertz CT molecular complexity index is 644. The Morgan fingerprint density at radius 3 is 2.50 bits per heavy atom. The summed E-state index contributed by atoms with van der Waals surface area (Å²) in [6, 6.07) is 13.9. The minimum Gasteiger partial charge on any atom is -0.290 e. The van der Waals surface area contributed by atoms with Gasteiger partial charge in [-0.2, -0.15) is 0 Å². The highest BCUT2D eigenvalue weighted by atomic mass is 79.9. The van der Waals surface area contributed by atoms with Crippen LogP contribution in [0.25, 0.3) is 17.1 Å². The van der Waals surface area contributed by atoms with Crippen molar-refractivity contribution in [3.05, 3.63) is 65.7 Å². The second-order valence-electron chi connectivity index (χ2n) is 3.86. The van der Waals surface area contributed by atoms with Gasteiger partial charge in [0.05, 0.1) is 5.69 Å². The van der Waals surface area contributed by atoms with Crippen LogP contribution < -0.4 is 0 Å². The highest BCUT2D eigenvalue weighted by molar-refractivity contribution is 9.10. The lowest BCUT2D eigenvalue weighted by atomic mass is 10.2. The largest absolute Gasteiger partial charge is 0.290 e. The zero-order valence-electron chi connectivity index (χ0n) is 9.49. The van der Waals surface area contributed by atoms with E-state index < -0.39 is 0 Å². The molecule has 0 bridgehead atoms. The number of imidazole rings is 1. The van der Waals surface area contributed by atoms with E-state index in [0.29, 0.717) is 0 Å². The summed E-state index contributed by atoms with van der Waals surface area (Å²) in [7, 11) is 0. The van der Waals surface area contributed by atoms with E-state index in [1.165, 1.54) is 0 Å². The molecule has 0 spiro atoms. The van der Waals surface area contributed by atoms with Crippen molar-refractivity contribution in [2.75, 3.05) is 0 Å². The molecule has 3 rings (SSSR count). The van der Waals surface area contributed by atoms with Crippen LogP contribution in [0.3, 0.4) is 0 Å². The molecule has 0 saturated carbocycles. The molecule has 0 aliphatic carbocycles. The van der Waals surface area contributed by atoms with Crippen molar-refractivity contribution in [2.45, 2.75) is 0 Å². The molecule has 3 nitrogen and oxygen atoms in total. The second kappa shape index (κ2) is 4.74. The van der Waals surface area contributed by atoms with E-state index in [4.69, 9.17) is 0 Å². The molecule has 0 saturated heterocycles. The number of hydrogen-bond acceptors (Lipinski definition) is 2. The molecule has 0 fully saturated rings. The number of hydrogen-bond donors (Lipinski definition) is 0. The van der Waals surface area contributed by atoms with Crippen LogP contribution in [0.1, 0.15) is 0 Å². The van der Waals surface area contributed by atoms with Crippen LogP contribution in [0.2, 0.25) is 0 Å². The number of pyridine rings is 1. The first kappa shape index (κ1) is 11.2. The fourth-order valence-electron chi connectivity index (χ4n) is 1.72. The molecular weight excluding hydrogens is 290 g/mol. The summed E-state index contributed by atoms with van der Waals surface area (Å²) in [4.78, 5) is 8.69. The van der Waals surface area contributed by atoms with Gasteiger partial charge in [-0.1, -0.05) is 34.1 Å². The van der Waals surface area contributed by atoms with Gasteiger partial charge in [0.2, 0.25) is 0 Å². The molecule has 0 unspecified atom stereocenters. The van der Waals surface area contributed by atoms with Gasteiger partial charge in [-0.05, 0) is 24.3 Å². The van der Waals surface area contributed by atoms with Crippen LogP contribution in [0, 0.1) is 0 Å². The second-order valence-corrected chi connectivity index (χ2v) is 4.78.